The van der Waals surface area contributed by atoms with Gasteiger partial charge in [0.25, 0.3) is 5.91 Å². The monoisotopic (exact) mass is 581 g/mol. The van der Waals surface area contributed by atoms with Gasteiger partial charge in [-0.2, -0.15) is 13.2 Å². The number of nitrogens with one attached hydrogen (secondary N) is 1. The minimum atomic E-state index is -4.44. The number of carbonyl (C=O) groups is 2. The Hall–Kier alpha value is -3.59. The van der Waals surface area contributed by atoms with E-state index >= 15 is 0 Å². The Morgan fingerprint density at radius 3 is 2.33 bits per heavy atom. The van der Waals surface area contributed by atoms with E-state index in [9.17, 15) is 27.9 Å². The molecule has 0 aromatic heterocycles. The summed E-state index contributed by atoms with van der Waals surface area (Å²) in [5.41, 5.74) is -1.02. The molecule has 4 aliphatic rings. The van der Waals surface area contributed by atoms with E-state index in [0.29, 0.717) is 35.8 Å². The van der Waals surface area contributed by atoms with Crippen LogP contribution in [0.25, 0.3) is 10.8 Å². The number of benzene rings is 3. The molecule has 1 amide bonds. The normalized spacial score (nSPS) is 27.1. The fourth-order valence-electron chi connectivity index (χ4n) is 8.27. The van der Waals surface area contributed by atoms with Crippen molar-refractivity contribution >= 4 is 22.6 Å². The van der Waals surface area contributed by atoms with Crippen LogP contribution in [0.1, 0.15) is 66.9 Å². The molecule has 9 heteroatoms. The lowest BCUT2D eigenvalue weighted by Gasteiger charge is -2.63. The van der Waals surface area contributed by atoms with E-state index in [0.717, 1.165) is 49.6 Å². The van der Waals surface area contributed by atoms with Crippen LogP contribution in [0, 0.1) is 17.3 Å². The highest BCUT2D eigenvalue weighted by Crippen LogP contribution is 2.64. The largest absolute Gasteiger partial charge is 0.487 e. The summed E-state index contributed by atoms with van der Waals surface area (Å²) in [5, 5.41) is 14.8. The van der Waals surface area contributed by atoms with Gasteiger partial charge in [-0.05, 0) is 86.4 Å². The molecule has 4 bridgehead atoms. The van der Waals surface area contributed by atoms with Gasteiger partial charge in [0.2, 0.25) is 0 Å². The summed E-state index contributed by atoms with van der Waals surface area (Å²) in [5.74, 6) is -0.618. The van der Waals surface area contributed by atoms with E-state index in [1.54, 1.807) is 24.3 Å². The number of hydrogen-bond donors (Lipinski definition) is 2. The van der Waals surface area contributed by atoms with Crippen LogP contribution in [0.3, 0.4) is 0 Å². The molecule has 0 radical (unpaired) electrons. The molecular weight excluding hydrogens is 547 g/mol. The number of carboxylic acids is 1. The standard InChI is InChI=1S/C33H34F3NO5/c1-2-42-32-16-21-13-22(17-32)15-31(14-21,19-32)28(30(39)40)37-29(38)26-12-9-23-5-3-4-6-25(23)27(26)41-18-20-7-10-24(11-8-20)33(34,35)36/h3-12,21-22,28H,2,13-19H2,1H3,(H,37,38)(H,39,40)/t21-,22+,28-,31?,32?/m1/s1. The second-order valence-electron chi connectivity index (χ2n) is 12.3. The van der Waals surface area contributed by atoms with Gasteiger partial charge in [-0.3, -0.25) is 4.79 Å². The zero-order chi connectivity index (χ0) is 29.7. The van der Waals surface area contributed by atoms with E-state index in [4.69, 9.17) is 9.47 Å². The first-order chi connectivity index (χ1) is 20.0. The summed E-state index contributed by atoms with van der Waals surface area (Å²) >= 11 is 0. The third-order valence-corrected chi connectivity index (χ3v) is 9.43. The Balaban J connectivity index is 1.29. The number of carbonyl (C=O) groups excluding carboxylic acids is 1. The first-order valence-corrected chi connectivity index (χ1v) is 14.5. The Bertz CT molecular complexity index is 1490. The van der Waals surface area contributed by atoms with Crippen molar-refractivity contribution in [3.63, 3.8) is 0 Å². The van der Waals surface area contributed by atoms with Gasteiger partial charge in [0, 0.05) is 17.4 Å². The van der Waals surface area contributed by atoms with E-state index in [1.807, 2.05) is 19.1 Å². The summed E-state index contributed by atoms with van der Waals surface area (Å²) < 4.78 is 51.4. The minimum absolute atomic E-state index is 0.0705. The van der Waals surface area contributed by atoms with Gasteiger partial charge in [-0.25, -0.2) is 4.79 Å². The molecule has 3 aromatic carbocycles. The highest BCUT2D eigenvalue weighted by molar-refractivity contribution is 6.05. The molecule has 2 unspecified atom stereocenters. The lowest BCUT2D eigenvalue weighted by molar-refractivity contribution is -0.201. The Kier molecular flexibility index (Phi) is 7.20. The Labute approximate surface area is 242 Å². The van der Waals surface area contributed by atoms with E-state index in [2.05, 4.69) is 5.32 Å². The second-order valence-corrected chi connectivity index (χ2v) is 12.3. The SMILES string of the molecule is CCOC12C[C@H]3C[C@@H](C1)CC([C@H](NC(=O)c1ccc4ccccc4c1OCc1ccc(C(F)(F)F)cc1)C(=O)O)(C3)C2. The molecule has 4 aliphatic carbocycles. The van der Waals surface area contributed by atoms with Gasteiger partial charge in [0.05, 0.1) is 16.7 Å². The zero-order valence-corrected chi connectivity index (χ0v) is 23.4. The number of aliphatic carboxylic acids is 1. The van der Waals surface area contributed by atoms with Crippen molar-refractivity contribution in [1.82, 2.24) is 5.32 Å². The number of ether oxygens (including phenoxy) is 2. The van der Waals surface area contributed by atoms with E-state index in [1.165, 1.54) is 12.1 Å². The maximum absolute atomic E-state index is 13.9. The average molecular weight is 582 g/mol. The molecule has 5 atom stereocenters. The van der Waals surface area contributed by atoms with Gasteiger partial charge >= 0.3 is 12.1 Å². The van der Waals surface area contributed by atoms with Crippen LogP contribution in [0.2, 0.25) is 0 Å². The number of alkyl halides is 3. The number of halogens is 3. The Morgan fingerprint density at radius 1 is 1.00 bits per heavy atom. The first-order valence-electron chi connectivity index (χ1n) is 14.5. The van der Waals surface area contributed by atoms with Crippen LogP contribution >= 0.6 is 0 Å². The average Bonchev–Trinajstić information content (AvgIpc) is 2.93. The van der Waals surface area contributed by atoms with E-state index < -0.39 is 35.1 Å². The fraction of sp³-hybridized carbons (Fsp3) is 0.455. The number of hydrogen-bond acceptors (Lipinski definition) is 4. The minimum Gasteiger partial charge on any atom is -0.487 e. The summed E-state index contributed by atoms with van der Waals surface area (Å²) in [6.07, 6.45) is 0.587. The maximum atomic E-state index is 13.9. The molecule has 2 N–H and O–H groups in total. The first kappa shape index (κ1) is 28.5. The third kappa shape index (κ3) is 5.23. The third-order valence-electron chi connectivity index (χ3n) is 9.43. The van der Waals surface area contributed by atoms with Gasteiger partial charge in [-0.1, -0.05) is 42.5 Å². The highest BCUT2D eigenvalue weighted by Gasteiger charge is 2.62. The molecule has 0 spiro atoms. The van der Waals surface area contributed by atoms with Crippen LogP contribution in [-0.4, -0.2) is 35.2 Å². The van der Waals surface area contributed by atoms with Crippen molar-refractivity contribution in [2.45, 2.75) is 69.9 Å². The number of rotatable bonds is 9. The van der Waals surface area contributed by atoms with Crippen molar-refractivity contribution in [2.75, 3.05) is 6.61 Å². The highest BCUT2D eigenvalue weighted by atomic mass is 19.4. The number of carboxylic acid groups (broad SMARTS) is 1. The Morgan fingerprint density at radius 2 is 1.69 bits per heavy atom. The van der Waals surface area contributed by atoms with Crippen molar-refractivity contribution in [2.24, 2.45) is 17.3 Å². The topological polar surface area (TPSA) is 84.9 Å². The predicted molar refractivity (Wildman–Crippen MR) is 150 cm³/mol. The van der Waals surface area contributed by atoms with Crippen molar-refractivity contribution in [3.8, 4) is 5.75 Å². The smallest absolute Gasteiger partial charge is 0.416 e. The molecule has 7 rings (SSSR count). The van der Waals surface area contributed by atoms with Gasteiger partial charge in [-0.15, -0.1) is 0 Å². The summed E-state index contributed by atoms with van der Waals surface area (Å²) in [6.45, 7) is 2.46. The zero-order valence-electron chi connectivity index (χ0n) is 23.4. The molecular formula is C33H34F3NO5. The molecule has 3 aromatic rings. The van der Waals surface area contributed by atoms with Crippen LogP contribution in [0.4, 0.5) is 13.2 Å². The number of amides is 1. The van der Waals surface area contributed by atoms with Crippen LogP contribution in [-0.2, 0) is 22.3 Å². The molecule has 0 heterocycles. The lowest BCUT2D eigenvalue weighted by Crippen LogP contribution is -2.65. The summed E-state index contributed by atoms with van der Waals surface area (Å²) in [6, 6.07) is 14.3. The lowest BCUT2D eigenvalue weighted by atomic mass is 9.46. The van der Waals surface area contributed by atoms with Crippen LogP contribution in [0.5, 0.6) is 5.75 Å². The van der Waals surface area contributed by atoms with E-state index in [-0.39, 0.29) is 23.5 Å². The second kappa shape index (κ2) is 10.6. The number of fused-ring (bicyclic) bond motifs is 1. The van der Waals surface area contributed by atoms with Gasteiger partial charge in [0.15, 0.2) is 0 Å². The molecule has 0 saturated heterocycles. The van der Waals surface area contributed by atoms with Crippen LogP contribution < -0.4 is 10.1 Å². The molecule has 222 valence electrons. The molecule has 42 heavy (non-hydrogen) atoms. The van der Waals surface area contributed by atoms with Crippen molar-refractivity contribution < 1.29 is 37.3 Å². The molecule has 6 nitrogen and oxygen atoms in total. The van der Waals surface area contributed by atoms with Gasteiger partial charge < -0.3 is 19.9 Å². The molecule has 0 aliphatic heterocycles. The summed E-state index contributed by atoms with van der Waals surface area (Å²) in [4.78, 5) is 26.7. The molecule has 4 saturated carbocycles. The van der Waals surface area contributed by atoms with Crippen molar-refractivity contribution in [1.29, 1.82) is 0 Å². The van der Waals surface area contributed by atoms with Crippen LogP contribution in [0.15, 0.2) is 60.7 Å². The predicted octanol–water partition coefficient (Wildman–Crippen LogP) is 7.00. The maximum Gasteiger partial charge on any atom is 0.416 e. The van der Waals surface area contributed by atoms with Crippen molar-refractivity contribution in [3.05, 3.63) is 77.4 Å². The fourth-order valence-corrected chi connectivity index (χ4v) is 8.27. The summed E-state index contributed by atoms with van der Waals surface area (Å²) in [7, 11) is 0. The van der Waals surface area contributed by atoms with Gasteiger partial charge in [0.1, 0.15) is 18.4 Å². The molecule has 4 fully saturated rings. The quantitative estimate of drug-likeness (QED) is 0.284.